The van der Waals surface area contributed by atoms with Crippen molar-refractivity contribution >= 4 is 17.1 Å². The molecule has 1 saturated heterocycles. The Bertz CT molecular complexity index is 1060. The minimum Gasteiger partial charge on any atom is -0.469 e. The zero-order valence-electron chi connectivity index (χ0n) is 18.6. The summed E-state index contributed by atoms with van der Waals surface area (Å²) in [6.45, 7) is 2.41. The Morgan fingerprint density at radius 3 is 2.58 bits per heavy atom. The molecule has 2 aromatic rings. The van der Waals surface area contributed by atoms with Crippen molar-refractivity contribution in [3.63, 3.8) is 0 Å². The van der Waals surface area contributed by atoms with Crippen LogP contribution in [0.4, 0.5) is 0 Å². The Morgan fingerprint density at radius 1 is 1.16 bits per heavy atom. The van der Waals surface area contributed by atoms with Crippen molar-refractivity contribution in [1.29, 1.82) is 0 Å². The molecule has 3 heterocycles. The van der Waals surface area contributed by atoms with Gasteiger partial charge in [-0.3, -0.25) is 18.7 Å². The van der Waals surface area contributed by atoms with Crippen molar-refractivity contribution < 1.29 is 9.53 Å². The van der Waals surface area contributed by atoms with E-state index in [1.54, 1.807) is 11.6 Å². The van der Waals surface area contributed by atoms with Crippen molar-refractivity contribution in [2.24, 2.45) is 13.0 Å². The van der Waals surface area contributed by atoms with Crippen molar-refractivity contribution in [2.75, 3.05) is 20.2 Å². The van der Waals surface area contributed by atoms with Crippen molar-refractivity contribution in [1.82, 2.24) is 24.0 Å². The fourth-order valence-electron chi connectivity index (χ4n) is 4.65. The first-order chi connectivity index (χ1) is 15.0. The van der Waals surface area contributed by atoms with Gasteiger partial charge in [-0.05, 0) is 64.0 Å². The molecular weight excluding hydrogens is 398 g/mol. The Morgan fingerprint density at radius 2 is 1.90 bits per heavy atom. The molecule has 1 aliphatic carbocycles. The number of nitrogens with zero attached hydrogens (tertiary/aromatic N) is 4. The van der Waals surface area contributed by atoms with E-state index < -0.39 is 0 Å². The summed E-state index contributed by atoms with van der Waals surface area (Å²) in [6, 6.07) is 0.342. The molecule has 1 saturated carbocycles. The fourth-order valence-corrected chi connectivity index (χ4v) is 4.65. The van der Waals surface area contributed by atoms with Crippen LogP contribution in [0.2, 0.25) is 0 Å². The van der Waals surface area contributed by atoms with Crippen molar-refractivity contribution in [2.45, 2.75) is 70.4 Å². The molecule has 0 bridgehead atoms. The lowest BCUT2D eigenvalue weighted by atomic mass is 9.93. The SMILES string of the molecule is COC(=O)CCCCn1c(=O)c2nc(CCC3CCNCC3)n(C3CC3)c2n(C)c1=O. The van der Waals surface area contributed by atoms with Gasteiger partial charge in [0.25, 0.3) is 5.56 Å². The molecule has 0 atom stereocenters. The molecule has 0 radical (unpaired) electrons. The molecule has 0 amide bonds. The molecule has 0 unspecified atom stereocenters. The van der Waals surface area contributed by atoms with Crippen LogP contribution in [0.5, 0.6) is 0 Å². The van der Waals surface area contributed by atoms with Gasteiger partial charge in [-0.15, -0.1) is 0 Å². The molecule has 0 aromatic carbocycles. The smallest absolute Gasteiger partial charge is 0.332 e. The van der Waals surface area contributed by atoms with Crippen LogP contribution >= 0.6 is 0 Å². The summed E-state index contributed by atoms with van der Waals surface area (Å²) < 4.78 is 9.65. The molecule has 9 nitrogen and oxygen atoms in total. The Balaban J connectivity index is 1.61. The maximum absolute atomic E-state index is 13.2. The van der Waals surface area contributed by atoms with Gasteiger partial charge >= 0.3 is 11.7 Å². The summed E-state index contributed by atoms with van der Waals surface area (Å²) in [7, 11) is 3.08. The summed E-state index contributed by atoms with van der Waals surface area (Å²) in [4.78, 5) is 42.2. The lowest BCUT2D eigenvalue weighted by Gasteiger charge is -2.22. The first-order valence-electron chi connectivity index (χ1n) is 11.5. The van der Waals surface area contributed by atoms with Gasteiger partial charge in [-0.25, -0.2) is 9.78 Å². The number of aryl methyl sites for hydroxylation is 2. The van der Waals surface area contributed by atoms with Crippen LogP contribution < -0.4 is 16.6 Å². The highest BCUT2D eigenvalue weighted by Crippen LogP contribution is 2.38. The third-order valence-electron chi connectivity index (χ3n) is 6.63. The first-order valence-corrected chi connectivity index (χ1v) is 11.5. The summed E-state index contributed by atoms with van der Waals surface area (Å²) >= 11 is 0. The number of esters is 1. The number of aromatic nitrogens is 4. The molecule has 31 heavy (non-hydrogen) atoms. The number of hydrogen-bond acceptors (Lipinski definition) is 6. The first kappa shape index (κ1) is 21.8. The number of rotatable bonds is 9. The van der Waals surface area contributed by atoms with Crippen LogP contribution in [0.15, 0.2) is 9.59 Å². The second-order valence-electron chi connectivity index (χ2n) is 8.87. The Labute approximate surface area is 181 Å². The number of nitrogens with one attached hydrogen (secondary N) is 1. The van der Waals surface area contributed by atoms with Gasteiger partial charge in [-0.1, -0.05) is 0 Å². The van der Waals surface area contributed by atoms with E-state index in [-0.39, 0.29) is 30.2 Å². The maximum atomic E-state index is 13.2. The number of carbonyl (C=O) groups is 1. The van der Waals surface area contributed by atoms with E-state index in [1.165, 1.54) is 24.5 Å². The quantitative estimate of drug-likeness (QED) is 0.477. The van der Waals surface area contributed by atoms with Crippen molar-refractivity contribution in [3.05, 3.63) is 26.7 Å². The van der Waals surface area contributed by atoms with Gasteiger partial charge in [0, 0.05) is 32.5 Å². The lowest BCUT2D eigenvalue weighted by molar-refractivity contribution is -0.140. The van der Waals surface area contributed by atoms with E-state index in [4.69, 9.17) is 4.98 Å². The third kappa shape index (κ3) is 4.61. The molecule has 0 spiro atoms. The normalized spacial score (nSPS) is 17.4. The van der Waals surface area contributed by atoms with Crippen LogP contribution in [0.3, 0.4) is 0 Å². The predicted molar refractivity (Wildman–Crippen MR) is 117 cm³/mol. The minimum atomic E-state index is -0.321. The van der Waals surface area contributed by atoms with E-state index in [0.29, 0.717) is 36.0 Å². The number of fused-ring (bicyclic) bond motifs is 1. The summed E-state index contributed by atoms with van der Waals surface area (Å²) in [5.41, 5.74) is 0.409. The third-order valence-corrected chi connectivity index (χ3v) is 6.63. The Hall–Kier alpha value is -2.42. The van der Waals surface area contributed by atoms with E-state index in [0.717, 1.165) is 44.6 Å². The highest BCUT2D eigenvalue weighted by Gasteiger charge is 2.31. The number of ether oxygens (including phenoxy) is 1. The number of carbonyl (C=O) groups excluding carboxylic acids is 1. The zero-order valence-corrected chi connectivity index (χ0v) is 18.6. The van der Waals surface area contributed by atoms with Gasteiger partial charge < -0.3 is 14.6 Å². The van der Waals surface area contributed by atoms with Crippen LogP contribution in [0.25, 0.3) is 11.2 Å². The molecule has 2 aromatic heterocycles. The molecule has 4 rings (SSSR count). The van der Waals surface area contributed by atoms with Gasteiger partial charge in [0.1, 0.15) is 11.5 Å². The van der Waals surface area contributed by atoms with Gasteiger partial charge in [-0.2, -0.15) is 0 Å². The number of methoxy groups -OCH3 is 1. The van der Waals surface area contributed by atoms with Gasteiger partial charge in [0.2, 0.25) is 0 Å². The summed E-state index contributed by atoms with van der Waals surface area (Å²) in [6.07, 6.45) is 7.80. The zero-order chi connectivity index (χ0) is 22.0. The van der Waals surface area contributed by atoms with E-state index in [2.05, 4.69) is 14.6 Å². The molecule has 1 aliphatic heterocycles. The van der Waals surface area contributed by atoms with Crippen LogP contribution in [-0.2, 0) is 29.5 Å². The molecule has 170 valence electrons. The highest BCUT2D eigenvalue weighted by atomic mass is 16.5. The van der Waals surface area contributed by atoms with Crippen LogP contribution in [0, 0.1) is 5.92 Å². The van der Waals surface area contributed by atoms with Gasteiger partial charge in [0.05, 0.1) is 7.11 Å². The minimum absolute atomic E-state index is 0.277. The largest absolute Gasteiger partial charge is 0.469 e. The van der Waals surface area contributed by atoms with E-state index >= 15 is 0 Å². The highest BCUT2D eigenvalue weighted by molar-refractivity contribution is 5.71. The number of piperidine rings is 1. The average molecular weight is 432 g/mol. The second-order valence-corrected chi connectivity index (χ2v) is 8.87. The Kier molecular flexibility index (Phi) is 6.60. The van der Waals surface area contributed by atoms with Crippen molar-refractivity contribution in [3.8, 4) is 0 Å². The molecular formula is C22H33N5O4. The molecule has 1 N–H and O–H groups in total. The van der Waals surface area contributed by atoms with E-state index in [9.17, 15) is 14.4 Å². The van der Waals surface area contributed by atoms with E-state index in [1.807, 2.05) is 0 Å². The second kappa shape index (κ2) is 9.38. The monoisotopic (exact) mass is 431 g/mol. The maximum Gasteiger partial charge on any atom is 0.332 e. The average Bonchev–Trinajstić information content (AvgIpc) is 3.55. The number of unbranched alkanes of at least 4 members (excludes halogenated alkanes) is 1. The lowest BCUT2D eigenvalue weighted by Crippen LogP contribution is -2.39. The van der Waals surface area contributed by atoms with Crippen LogP contribution in [0.1, 0.15) is 63.2 Å². The summed E-state index contributed by atoms with van der Waals surface area (Å²) in [5.74, 6) is 1.34. The standard InChI is InChI=1S/C22H33N5O4/c1-25-20-19(21(29)26(22(25)30)14-4-3-5-18(28)31-2)24-17(27(20)16-7-8-16)9-6-15-10-12-23-13-11-15/h15-16,23H,3-14H2,1-2H3. The van der Waals surface area contributed by atoms with Crippen LogP contribution in [-0.4, -0.2) is 44.9 Å². The molecule has 2 fully saturated rings. The predicted octanol–water partition coefficient (Wildman–Crippen LogP) is 1.51. The van der Waals surface area contributed by atoms with Gasteiger partial charge in [0.15, 0.2) is 5.52 Å². The molecule has 9 heteroatoms. The molecule has 2 aliphatic rings. The topological polar surface area (TPSA) is 100 Å². The fraction of sp³-hybridized carbons (Fsp3) is 0.727. The number of hydrogen-bond donors (Lipinski definition) is 1. The summed E-state index contributed by atoms with van der Waals surface area (Å²) in [5, 5.41) is 3.40. The number of imidazole rings is 1.